The van der Waals surface area contributed by atoms with Crippen LogP contribution in [-0.2, 0) is 26.0 Å². The van der Waals surface area contributed by atoms with Gasteiger partial charge in [-0.05, 0) is 32.3 Å². The zero-order valence-corrected chi connectivity index (χ0v) is 19.0. The maximum Gasteiger partial charge on any atom is 0.174 e. The number of piperidine rings is 1. The maximum absolute atomic E-state index is 13.3. The van der Waals surface area contributed by atoms with Gasteiger partial charge >= 0.3 is 0 Å². The van der Waals surface area contributed by atoms with Gasteiger partial charge in [0.15, 0.2) is 5.79 Å². The van der Waals surface area contributed by atoms with Gasteiger partial charge in [0.1, 0.15) is 0 Å². The predicted octanol–water partition coefficient (Wildman–Crippen LogP) is 4.98. The van der Waals surface area contributed by atoms with Gasteiger partial charge in [0, 0.05) is 17.8 Å². The first-order chi connectivity index (χ1) is 13.6. The van der Waals surface area contributed by atoms with E-state index >= 15 is 0 Å². The largest absolute Gasteiger partial charge is 0.376 e. The third-order valence-corrected chi connectivity index (χ3v) is 7.54. The summed E-state index contributed by atoms with van der Waals surface area (Å²) in [7, 11) is 0. The van der Waals surface area contributed by atoms with Crippen molar-refractivity contribution in [2.75, 3.05) is 19.8 Å². The van der Waals surface area contributed by atoms with Crippen LogP contribution in [0.25, 0.3) is 0 Å². The van der Waals surface area contributed by atoms with Crippen LogP contribution in [0.15, 0.2) is 30.3 Å². The van der Waals surface area contributed by atoms with Crippen molar-refractivity contribution >= 4 is 0 Å². The van der Waals surface area contributed by atoms with Crippen LogP contribution >= 0.6 is 0 Å². The minimum atomic E-state index is -0.713. The van der Waals surface area contributed by atoms with Gasteiger partial charge in [-0.25, -0.2) is 0 Å². The van der Waals surface area contributed by atoms with Crippen molar-refractivity contribution < 1.29 is 19.4 Å². The summed E-state index contributed by atoms with van der Waals surface area (Å²) in [6.45, 7) is 14.8. The highest BCUT2D eigenvalue weighted by Crippen LogP contribution is 2.53. The van der Waals surface area contributed by atoms with E-state index in [0.29, 0.717) is 32.8 Å². The van der Waals surface area contributed by atoms with E-state index < -0.39 is 16.9 Å². The minimum Gasteiger partial charge on any atom is -0.376 e. The number of ether oxygens (including phenoxy) is 3. The Balaban J connectivity index is 1.68. The van der Waals surface area contributed by atoms with Gasteiger partial charge in [-0.3, -0.25) is 0 Å². The molecular weight excluding hydrogens is 366 g/mol. The molecule has 0 aliphatic carbocycles. The smallest absolute Gasteiger partial charge is 0.174 e. The van der Waals surface area contributed by atoms with E-state index in [4.69, 9.17) is 14.2 Å². The molecule has 5 nitrogen and oxygen atoms in total. The first kappa shape index (κ1) is 22.7. The Labute approximate surface area is 176 Å². The molecule has 1 radical (unpaired) electrons. The third-order valence-electron chi connectivity index (χ3n) is 7.54. The number of hydroxylamine groups is 2. The van der Waals surface area contributed by atoms with E-state index in [1.807, 2.05) is 25.1 Å². The van der Waals surface area contributed by atoms with Crippen molar-refractivity contribution in [2.24, 2.45) is 11.3 Å². The molecule has 5 heteroatoms. The molecular formula is C24H38NO4. The second-order valence-corrected chi connectivity index (χ2v) is 9.93. The van der Waals surface area contributed by atoms with Gasteiger partial charge in [-0.1, -0.05) is 58.0 Å². The fourth-order valence-electron chi connectivity index (χ4n) is 4.84. The van der Waals surface area contributed by atoms with E-state index in [-0.39, 0.29) is 11.3 Å². The molecule has 2 saturated heterocycles. The molecule has 3 atom stereocenters. The minimum absolute atomic E-state index is 0.0214. The molecule has 1 aromatic carbocycles. The number of hydrogen-bond donors (Lipinski definition) is 0. The van der Waals surface area contributed by atoms with Gasteiger partial charge in [0.05, 0.1) is 37.5 Å². The Morgan fingerprint density at radius 1 is 1.07 bits per heavy atom. The van der Waals surface area contributed by atoms with E-state index in [1.165, 1.54) is 10.6 Å². The summed E-state index contributed by atoms with van der Waals surface area (Å²) in [6.07, 6.45) is 2.13. The van der Waals surface area contributed by atoms with Crippen LogP contribution in [0.5, 0.6) is 0 Å². The summed E-state index contributed by atoms with van der Waals surface area (Å²) in [6, 6.07) is 10.2. The highest BCUT2D eigenvalue weighted by molar-refractivity contribution is 5.13. The topological polar surface area (TPSA) is 50.8 Å². The van der Waals surface area contributed by atoms with E-state index in [0.717, 1.165) is 12.8 Å². The quantitative estimate of drug-likeness (QED) is 0.671. The SMILES string of the molecule is CCC1(C)CC2(OCC(C)(COCc3ccccc3)CO2)C(C)C(C)(CC)N1[O]. The normalized spacial score (nSPS) is 41.0. The molecule has 0 N–H and O–H groups in total. The van der Waals surface area contributed by atoms with Gasteiger partial charge in [-0.15, -0.1) is 10.3 Å². The van der Waals surface area contributed by atoms with Gasteiger partial charge in [-0.2, -0.15) is 0 Å². The van der Waals surface area contributed by atoms with Crippen molar-refractivity contribution in [3.8, 4) is 0 Å². The van der Waals surface area contributed by atoms with Crippen molar-refractivity contribution in [3.63, 3.8) is 0 Å². The number of hydrogen-bond acceptors (Lipinski definition) is 4. The summed E-state index contributed by atoms with van der Waals surface area (Å²) in [5.74, 6) is -0.734. The molecule has 0 saturated carbocycles. The van der Waals surface area contributed by atoms with Crippen molar-refractivity contribution in [1.29, 1.82) is 0 Å². The molecule has 3 unspecified atom stereocenters. The average Bonchev–Trinajstić information content (AvgIpc) is 2.74. The zero-order valence-electron chi connectivity index (χ0n) is 19.0. The van der Waals surface area contributed by atoms with Crippen LogP contribution in [0.4, 0.5) is 0 Å². The van der Waals surface area contributed by atoms with Crippen LogP contribution in [0, 0.1) is 11.3 Å². The van der Waals surface area contributed by atoms with Gasteiger partial charge < -0.3 is 14.2 Å². The van der Waals surface area contributed by atoms with Gasteiger partial charge in [0.2, 0.25) is 0 Å². The van der Waals surface area contributed by atoms with Crippen LogP contribution in [0.1, 0.15) is 66.4 Å². The first-order valence-electron chi connectivity index (χ1n) is 11.0. The number of rotatable bonds is 6. The van der Waals surface area contributed by atoms with Crippen LogP contribution < -0.4 is 0 Å². The molecule has 1 aromatic rings. The Morgan fingerprint density at radius 3 is 2.24 bits per heavy atom. The van der Waals surface area contributed by atoms with Crippen LogP contribution in [0.3, 0.4) is 0 Å². The van der Waals surface area contributed by atoms with E-state index in [9.17, 15) is 5.21 Å². The van der Waals surface area contributed by atoms with Crippen molar-refractivity contribution in [2.45, 2.75) is 84.3 Å². The van der Waals surface area contributed by atoms with Crippen molar-refractivity contribution in [3.05, 3.63) is 35.9 Å². The number of nitrogens with zero attached hydrogens (tertiary/aromatic N) is 1. The molecule has 2 aliphatic rings. The molecule has 2 fully saturated rings. The van der Waals surface area contributed by atoms with Crippen LogP contribution in [0.2, 0.25) is 0 Å². The summed E-state index contributed by atoms with van der Waals surface area (Å²) in [5.41, 5.74) is -0.0336. The van der Waals surface area contributed by atoms with Crippen LogP contribution in [-0.4, -0.2) is 41.7 Å². The second-order valence-electron chi connectivity index (χ2n) is 9.93. The first-order valence-corrected chi connectivity index (χ1v) is 11.0. The molecule has 2 aliphatic heterocycles. The Hall–Kier alpha value is -0.980. The molecule has 163 valence electrons. The molecule has 29 heavy (non-hydrogen) atoms. The summed E-state index contributed by atoms with van der Waals surface area (Å²) in [4.78, 5) is 0. The predicted molar refractivity (Wildman–Crippen MR) is 113 cm³/mol. The molecule has 0 bridgehead atoms. The second kappa shape index (κ2) is 8.27. The number of benzene rings is 1. The lowest BCUT2D eigenvalue weighted by Crippen LogP contribution is -2.72. The lowest BCUT2D eigenvalue weighted by atomic mass is 9.67. The van der Waals surface area contributed by atoms with Crippen molar-refractivity contribution in [1.82, 2.24) is 5.06 Å². The van der Waals surface area contributed by atoms with E-state index in [1.54, 1.807) is 0 Å². The van der Waals surface area contributed by atoms with Gasteiger partial charge in [0.25, 0.3) is 0 Å². The fraction of sp³-hybridized carbons (Fsp3) is 0.750. The maximum atomic E-state index is 13.3. The monoisotopic (exact) mass is 404 g/mol. The van der Waals surface area contributed by atoms with E-state index in [2.05, 4.69) is 46.8 Å². The molecule has 2 heterocycles. The Bertz CT molecular complexity index is 673. The lowest BCUT2D eigenvalue weighted by Gasteiger charge is -2.62. The summed E-state index contributed by atoms with van der Waals surface area (Å²) >= 11 is 0. The average molecular weight is 405 g/mol. The Morgan fingerprint density at radius 2 is 1.69 bits per heavy atom. The molecule has 0 aromatic heterocycles. The molecule has 3 rings (SSSR count). The summed E-state index contributed by atoms with van der Waals surface area (Å²) < 4.78 is 19.0. The summed E-state index contributed by atoms with van der Waals surface area (Å²) in [5, 5.41) is 14.6. The standard InChI is InChI=1S/C24H38NO4/c1-7-22(5)15-24(19(3)23(6,8-2)25(22)26)28-17-21(4,18-29-24)16-27-14-20-12-10-9-11-13-20/h9-13,19H,7-8,14-18H2,1-6H3. The fourth-order valence-corrected chi connectivity index (χ4v) is 4.84. The Kier molecular flexibility index (Phi) is 6.48. The highest BCUT2D eigenvalue weighted by atomic mass is 16.7. The molecule has 1 spiro atoms. The molecule has 0 amide bonds. The lowest BCUT2D eigenvalue weighted by molar-refractivity contribution is -0.414. The third kappa shape index (κ3) is 4.13. The zero-order chi connectivity index (χ0) is 21.3. The highest BCUT2D eigenvalue weighted by Gasteiger charge is 2.63.